The van der Waals surface area contributed by atoms with Gasteiger partial charge in [-0.2, -0.15) is 0 Å². The Morgan fingerprint density at radius 2 is 1.58 bits per heavy atom. The molecule has 0 saturated carbocycles. The van der Waals surface area contributed by atoms with Crippen molar-refractivity contribution in [3.8, 4) is 33.3 Å². The van der Waals surface area contributed by atoms with E-state index in [9.17, 15) is 9.59 Å². The highest BCUT2D eigenvalue weighted by atomic mass is 35.5. The zero-order valence-corrected chi connectivity index (χ0v) is 34.7. The Morgan fingerprint density at radius 3 is 2.10 bits per heavy atom. The van der Waals surface area contributed by atoms with Gasteiger partial charge in [-0.05, 0) is 62.8 Å². The number of benzene rings is 1. The van der Waals surface area contributed by atoms with Gasteiger partial charge in [-0.25, -0.2) is 4.98 Å². The summed E-state index contributed by atoms with van der Waals surface area (Å²) in [6.45, 7) is 11.1. The van der Waals surface area contributed by atoms with Crippen LogP contribution in [0.25, 0.3) is 21.8 Å². The number of carbonyl (C=O) groups excluding carboxylic acids is 2. The highest BCUT2D eigenvalue weighted by molar-refractivity contribution is 7.13. The van der Waals surface area contributed by atoms with E-state index in [1.807, 2.05) is 62.0 Å². The van der Waals surface area contributed by atoms with Crippen LogP contribution in [0.4, 0.5) is 0 Å². The molecule has 2 aromatic heterocycles. The summed E-state index contributed by atoms with van der Waals surface area (Å²) < 4.78 is 13.6. The van der Waals surface area contributed by atoms with Gasteiger partial charge in [0.2, 0.25) is 5.91 Å². The number of methoxy groups -OCH3 is 1. The number of imidazole rings is 1. The summed E-state index contributed by atoms with van der Waals surface area (Å²) in [6, 6.07) is 7.98. The standard InChI is InChI=1S/C26H32N4O4S.C16H33Cl/c1-16(31)27-10-12-34-20-15-18-17(14-19(20)33-6)9-11-30-23(18)22(21-8-7-13-35-21)28-24(30)25(32)29(5)26(2,3)4;1-2-3-4-5-6-7-8-9-10-11-12-13-14-15-16-17/h7-8,13-15H,9-12H2,1-6H3,(H,27,31);2-16H2,1H3. The summed E-state index contributed by atoms with van der Waals surface area (Å²) in [4.78, 5) is 32.4. The maximum absolute atomic E-state index is 13.5. The first-order valence-electron chi connectivity index (χ1n) is 19.6. The quantitative estimate of drug-likeness (QED) is 0.0864. The lowest BCUT2D eigenvalue weighted by molar-refractivity contribution is -0.119. The monoisotopic (exact) mass is 756 g/mol. The minimum absolute atomic E-state index is 0.104. The third-order valence-corrected chi connectivity index (χ3v) is 10.8. The summed E-state index contributed by atoms with van der Waals surface area (Å²) in [6.07, 6.45) is 20.6. The number of halogens is 1. The number of thiophene rings is 1. The second-order valence-electron chi connectivity index (χ2n) is 14.8. The smallest absolute Gasteiger partial charge is 0.290 e. The Balaban J connectivity index is 0.000000363. The number of hydrogen-bond acceptors (Lipinski definition) is 6. The molecule has 0 fully saturated rings. The lowest BCUT2D eigenvalue weighted by Crippen LogP contribution is -2.43. The van der Waals surface area contributed by atoms with Gasteiger partial charge in [0, 0.05) is 37.5 Å². The predicted octanol–water partition coefficient (Wildman–Crippen LogP) is 10.9. The molecule has 0 aliphatic carbocycles. The van der Waals surface area contributed by atoms with Crippen LogP contribution in [0.1, 0.15) is 141 Å². The third kappa shape index (κ3) is 13.4. The van der Waals surface area contributed by atoms with Crippen molar-refractivity contribution >= 4 is 34.8 Å². The molecule has 3 aromatic rings. The van der Waals surface area contributed by atoms with Gasteiger partial charge in [0.1, 0.15) is 12.3 Å². The van der Waals surface area contributed by atoms with Gasteiger partial charge in [0.05, 0.1) is 24.2 Å². The molecular weight excluding hydrogens is 692 g/mol. The third-order valence-electron chi connectivity index (χ3n) is 9.69. The molecule has 3 heterocycles. The molecule has 0 unspecified atom stereocenters. The molecule has 0 saturated heterocycles. The zero-order chi connectivity index (χ0) is 37.9. The summed E-state index contributed by atoms with van der Waals surface area (Å²) in [5, 5.41) is 4.75. The van der Waals surface area contributed by atoms with Crippen LogP contribution in [0.3, 0.4) is 0 Å². The summed E-state index contributed by atoms with van der Waals surface area (Å²) in [5.74, 6) is 2.30. The van der Waals surface area contributed by atoms with Crippen LogP contribution in [0, 0.1) is 0 Å². The van der Waals surface area contributed by atoms with Gasteiger partial charge in [-0.15, -0.1) is 22.9 Å². The molecule has 52 heavy (non-hydrogen) atoms. The van der Waals surface area contributed by atoms with Gasteiger partial charge in [-0.3, -0.25) is 9.59 Å². The van der Waals surface area contributed by atoms with Crippen molar-refractivity contribution in [3.63, 3.8) is 0 Å². The van der Waals surface area contributed by atoms with Gasteiger partial charge in [-0.1, -0.05) is 96.5 Å². The highest BCUT2D eigenvalue weighted by Crippen LogP contribution is 2.44. The number of aryl methyl sites for hydroxylation is 1. The Morgan fingerprint density at radius 1 is 0.962 bits per heavy atom. The second-order valence-corrected chi connectivity index (χ2v) is 16.1. The van der Waals surface area contributed by atoms with Gasteiger partial charge < -0.3 is 24.3 Å². The number of ether oxygens (including phenoxy) is 2. The first-order chi connectivity index (χ1) is 25.0. The van der Waals surface area contributed by atoms with E-state index in [4.69, 9.17) is 26.1 Å². The zero-order valence-electron chi connectivity index (χ0n) is 33.1. The topological polar surface area (TPSA) is 85.7 Å². The molecule has 1 N–H and O–H groups in total. The van der Waals surface area contributed by atoms with Crippen LogP contribution in [0.15, 0.2) is 29.6 Å². The fourth-order valence-electron chi connectivity index (χ4n) is 6.36. The highest BCUT2D eigenvalue weighted by Gasteiger charge is 2.33. The molecular formula is C42H65ClN4O4S. The normalized spacial score (nSPS) is 12.0. The number of aromatic nitrogens is 2. The Bertz CT molecular complexity index is 1480. The number of nitrogens with one attached hydrogen (secondary N) is 1. The fraction of sp³-hybridized carbons (Fsp3) is 0.643. The number of rotatable bonds is 21. The number of carbonyl (C=O) groups is 2. The summed E-state index contributed by atoms with van der Waals surface area (Å²) in [5.41, 5.74) is 3.46. The SMILES string of the molecule is CCCCCCCCCCCCCCCCCl.COc1cc2c(cc1OCCNC(C)=O)-c1c(-c3cccs3)nc(C(=O)N(C)C(C)(C)C)n1CC2. The van der Waals surface area contributed by atoms with Crippen molar-refractivity contribution in [2.24, 2.45) is 0 Å². The molecule has 0 radical (unpaired) electrons. The molecule has 4 rings (SSSR count). The summed E-state index contributed by atoms with van der Waals surface area (Å²) in [7, 11) is 3.43. The summed E-state index contributed by atoms with van der Waals surface area (Å²) >= 11 is 7.24. The van der Waals surface area contributed by atoms with Crippen molar-refractivity contribution in [1.82, 2.24) is 19.8 Å². The van der Waals surface area contributed by atoms with Crippen molar-refractivity contribution in [2.75, 3.05) is 33.2 Å². The first kappa shape index (κ1) is 43.4. The molecule has 0 bridgehead atoms. The van der Waals surface area contributed by atoms with Crippen molar-refractivity contribution in [3.05, 3.63) is 41.0 Å². The number of fused-ring (bicyclic) bond motifs is 3. The van der Waals surface area contributed by atoms with Gasteiger partial charge >= 0.3 is 0 Å². The molecule has 1 aliphatic rings. The average Bonchev–Trinajstić information content (AvgIpc) is 3.80. The van der Waals surface area contributed by atoms with E-state index >= 15 is 0 Å². The van der Waals surface area contributed by atoms with E-state index in [1.165, 1.54) is 96.8 Å². The van der Waals surface area contributed by atoms with Gasteiger partial charge in [0.15, 0.2) is 17.3 Å². The molecule has 290 valence electrons. The van der Waals surface area contributed by atoms with Crippen molar-refractivity contribution in [1.29, 1.82) is 0 Å². The Kier molecular flexibility index (Phi) is 19.1. The van der Waals surface area contributed by atoms with E-state index < -0.39 is 0 Å². The lowest BCUT2D eigenvalue weighted by Gasteiger charge is -2.32. The minimum atomic E-state index is -0.332. The molecule has 1 aromatic carbocycles. The van der Waals surface area contributed by atoms with Crippen LogP contribution in [-0.2, 0) is 17.8 Å². The maximum Gasteiger partial charge on any atom is 0.290 e. The fourth-order valence-corrected chi connectivity index (χ4v) is 7.26. The molecule has 10 heteroatoms. The van der Waals surface area contributed by atoms with Crippen molar-refractivity contribution < 1.29 is 19.1 Å². The number of amides is 2. The predicted molar refractivity (Wildman–Crippen MR) is 218 cm³/mol. The number of unbranched alkanes of at least 4 members (excludes halogenated alkanes) is 13. The van der Waals surface area contributed by atoms with Crippen LogP contribution < -0.4 is 14.8 Å². The van der Waals surface area contributed by atoms with Gasteiger partial charge in [0.25, 0.3) is 5.91 Å². The Labute approximate surface area is 323 Å². The number of nitrogens with zero attached hydrogens (tertiary/aromatic N) is 3. The number of alkyl halides is 1. The van der Waals surface area contributed by atoms with E-state index in [0.717, 1.165) is 39.7 Å². The molecule has 1 aliphatic heterocycles. The molecule has 0 spiro atoms. The number of hydrogen-bond donors (Lipinski definition) is 1. The second kappa shape index (κ2) is 22.9. The van der Waals surface area contributed by atoms with Crippen LogP contribution in [0.2, 0.25) is 0 Å². The Hall–Kier alpha value is -3.04. The maximum atomic E-state index is 13.5. The van der Waals surface area contributed by atoms with Crippen molar-refractivity contribution in [2.45, 2.75) is 143 Å². The largest absolute Gasteiger partial charge is 0.493 e. The van der Waals surface area contributed by atoms with E-state index in [0.29, 0.717) is 37.0 Å². The van der Waals surface area contributed by atoms with E-state index in [-0.39, 0.29) is 17.4 Å². The molecule has 0 atom stereocenters. The van der Waals surface area contributed by atoms with E-state index in [1.54, 1.807) is 23.3 Å². The minimum Gasteiger partial charge on any atom is -0.493 e. The molecule has 2 amide bonds. The molecule has 8 nitrogen and oxygen atoms in total. The first-order valence-corrected chi connectivity index (χ1v) is 21.0. The van der Waals surface area contributed by atoms with Crippen LogP contribution >= 0.6 is 22.9 Å². The van der Waals surface area contributed by atoms with E-state index in [2.05, 4.69) is 12.2 Å². The lowest BCUT2D eigenvalue weighted by atomic mass is 9.96. The van der Waals surface area contributed by atoms with Crippen LogP contribution in [0.5, 0.6) is 11.5 Å². The van der Waals surface area contributed by atoms with Crippen LogP contribution in [-0.4, -0.2) is 65.0 Å². The average molecular weight is 758 g/mol.